The van der Waals surface area contributed by atoms with Gasteiger partial charge in [-0.05, 0) is 38.3 Å². The van der Waals surface area contributed by atoms with Crippen LogP contribution in [0.4, 0.5) is 0 Å². The van der Waals surface area contributed by atoms with Crippen LogP contribution in [-0.4, -0.2) is 17.2 Å². The number of aryl methyl sites for hydroxylation is 2. The molecule has 1 amide bonds. The highest BCUT2D eigenvalue weighted by Crippen LogP contribution is 2.27. The number of carbonyl (C=O) groups is 1. The molecule has 118 valence electrons. The Labute approximate surface area is 137 Å². The molecule has 1 aliphatic carbocycles. The molecule has 0 atom stereocenters. The van der Waals surface area contributed by atoms with E-state index >= 15 is 0 Å². The van der Waals surface area contributed by atoms with Gasteiger partial charge in [0.25, 0.3) is 0 Å². The van der Waals surface area contributed by atoms with Gasteiger partial charge in [-0.1, -0.05) is 43.4 Å². The zero-order chi connectivity index (χ0) is 16.0. The van der Waals surface area contributed by atoms with Gasteiger partial charge in [0.15, 0.2) is 0 Å². The van der Waals surface area contributed by atoms with Crippen LogP contribution < -0.4 is 5.32 Å². The number of amides is 1. The molecule has 3 nitrogen and oxygen atoms in total. The molecule has 1 aliphatic rings. The number of hydrogen-bond acceptors (Lipinski definition) is 3. The summed E-state index contributed by atoms with van der Waals surface area (Å²) in [6.45, 7) is 4.13. The van der Waals surface area contributed by atoms with E-state index in [-0.39, 0.29) is 5.91 Å². The van der Waals surface area contributed by atoms with Crippen LogP contribution in [0.15, 0.2) is 23.1 Å². The van der Waals surface area contributed by atoms with Gasteiger partial charge in [-0.15, -0.1) is 11.8 Å². The molecule has 4 heteroatoms. The van der Waals surface area contributed by atoms with Crippen LogP contribution in [0.1, 0.15) is 49.7 Å². The molecule has 1 saturated carbocycles. The number of carbonyl (C=O) groups excluding carboxylic acids is 1. The van der Waals surface area contributed by atoms with E-state index in [1.54, 1.807) is 11.8 Å². The number of hydrogen-bond donors (Lipinski definition) is 1. The molecule has 0 unspecified atom stereocenters. The Balaban J connectivity index is 1.93. The van der Waals surface area contributed by atoms with Crippen LogP contribution in [0.2, 0.25) is 0 Å². The zero-order valence-electron chi connectivity index (χ0n) is 13.4. The first-order valence-electron chi connectivity index (χ1n) is 7.97. The summed E-state index contributed by atoms with van der Waals surface area (Å²) in [5, 5.41) is 12.5. The molecule has 0 aliphatic heterocycles. The average molecular weight is 316 g/mol. The predicted octanol–water partition coefficient (Wildman–Crippen LogP) is 4.13. The first-order chi connectivity index (χ1) is 10.5. The van der Waals surface area contributed by atoms with E-state index in [1.807, 2.05) is 0 Å². The van der Waals surface area contributed by atoms with Crippen LogP contribution in [0.3, 0.4) is 0 Å². The summed E-state index contributed by atoms with van der Waals surface area (Å²) in [5.41, 5.74) is 1.78. The van der Waals surface area contributed by atoms with Gasteiger partial charge >= 0.3 is 0 Å². The fraction of sp³-hybridized carbons (Fsp3) is 0.556. The van der Waals surface area contributed by atoms with Crippen molar-refractivity contribution in [2.45, 2.75) is 62.8 Å². The molecule has 0 heterocycles. The van der Waals surface area contributed by atoms with Gasteiger partial charge in [-0.25, -0.2) is 0 Å². The number of nitriles is 1. The fourth-order valence-electron chi connectivity index (χ4n) is 3.00. The van der Waals surface area contributed by atoms with Gasteiger partial charge in [0, 0.05) is 4.90 Å². The van der Waals surface area contributed by atoms with Crippen LogP contribution in [0, 0.1) is 25.2 Å². The smallest absolute Gasteiger partial charge is 0.231 e. The van der Waals surface area contributed by atoms with Crippen molar-refractivity contribution < 1.29 is 4.79 Å². The molecule has 0 saturated heterocycles. The number of nitrogens with one attached hydrogen (secondary N) is 1. The summed E-state index contributed by atoms with van der Waals surface area (Å²) in [6.07, 6.45) is 5.94. The average Bonchev–Trinajstić information content (AvgIpc) is 2.72. The first kappa shape index (κ1) is 16.9. The molecular formula is C18H24N2OS. The second kappa shape index (κ2) is 7.69. The SMILES string of the molecule is Cc1ccc(SCC(=O)NC2(C#N)CCCCCC2)c(C)c1. The lowest BCUT2D eigenvalue weighted by molar-refractivity contribution is -0.120. The van der Waals surface area contributed by atoms with E-state index in [0.717, 1.165) is 43.4 Å². The minimum Gasteiger partial charge on any atom is -0.337 e. The van der Waals surface area contributed by atoms with E-state index in [4.69, 9.17) is 0 Å². The highest BCUT2D eigenvalue weighted by molar-refractivity contribution is 8.00. The van der Waals surface area contributed by atoms with E-state index in [0.29, 0.717) is 5.75 Å². The Morgan fingerprint density at radius 1 is 1.27 bits per heavy atom. The monoisotopic (exact) mass is 316 g/mol. The van der Waals surface area contributed by atoms with Gasteiger partial charge in [0.1, 0.15) is 5.54 Å². The van der Waals surface area contributed by atoms with Crippen molar-refractivity contribution in [3.8, 4) is 6.07 Å². The van der Waals surface area contributed by atoms with Crippen LogP contribution >= 0.6 is 11.8 Å². The summed E-state index contributed by atoms with van der Waals surface area (Å²) in [7, 11) is 0. The normalized spacial score (nSPS) is 17.3. The molecule has 2 rings (SSSR count). The summed E-state index contributed by atoms with van der Waals surface area (Å²) in [6, 6.07) is 8.62. The van der Waals surface area contributed by atoms with E-state index in [1.165, 1.54) is 11.1 Å². The topological polar surface area (TPSA) is 52.9 Å². The summed E-state index contributed by atoms with van der Waals surface area (Å²) in [5.74, 6) is 0.335. The minimum atomic E-state index is -0.642. The van der Waals surface area contributed by atoms with Crippen molar-refractivity contribution in [3.05, 3.63) is 29.3 Å². The molecule has 0 bridgehead atoms. The lowest BCUT2D eigenvalue weighted by atomic mass is 9.92. The van der Waals surface area contributed by atoms with Crippen LogP contribution in [-0.2, 0) is 4.79 Å². The lowest BCUT2D eigenvalue weighted by Gasteiger charge is -2.26. The van der Waals surface area contributed by atoms with E-state index in [9.17, 15) is 10.1 Å². The Bertz CT molecular complexity index is 569. The Hall–Kier alpha value is -1.47. The number of rotatable bonds is 4. The largest absolute Gasteiger partial charge is 0.337 e. The van der Waals surface area contributed by atoms with Crippen molar-refractivity contribution in [3.63, 3.8) is 0 Å². The third kappa shape index (κ3) is 4.51. The summed E-state index contributed by atoms with van der Waals surface area (Å²) < 4.78 is 0. The predicted molar refractivity (Wildman–Crippen MR) is 90.8 cm³/mol. The summed E-state index contributed by atoms with van der Waals surface area (Å²) in [4.78, 5) is 13.4. The highest BCUT2D eigenvalue weighted by atomic mass is 32.2. The number of benzene rings is 1. The minimum absolute atomic E-state index is 0.0339. The molecule has 1 aromatic carbocycles. The molecule has 0 radical (unpaired) electrons. The Morgan fingerprint density at radius 2 is 1.95 bits per heavy atom. The van der Waals surface area contributed by atoms with Crippen molar-refractivity contribution >= 4 is 17.7 Å². The van der Waals surface area contributed by atoms with Crippen molar-refractivity contribution in [2.24, 2.45) is 0 Å². The Kier molecular flexibility index (Phi) is 5.90. The molecule has 1 aromatic rings. The van der Waals surface area contributed by atoms with Crippen molar-refractivity contribution in [1.29, 1.82) is 5.26 Å². The maximum absolute atomic E-state index is 12.3. The van der Waals surface area contributed by atoms with Crippen molar-refractivity contribution in [2.75, 3.05) is 5.75 Å². The second-order valence-electron chi connectivity index (χ2n) is 6.21. The molecule has 0 aromatic heterocycles. The quantitative estimate of drug-likeness (QED) is 0.671. The molecule has 1 fully saturated rings. The first-order valence-corrected chi connectivity index (χ1v) is 8.95. The lowest BCUT2D eigenvalue weighted by Crippen LogP contribution is -2.47. The van der Waals surface area contributed by atoms with Gasteiger partial charge in [-0.3, -0.25) is 4.79 Å². The van der Waals surface area contributed by atoms with Gasteiger partial charge < -0.3 is 5.32 Å². The molecule has 22 heavy (non-hydrogen) atoms. The zero-order valence-corrected chi connectivity index (χ0v) is 14.3. The third-order valence-electron chi connectivity index (χ3n) is 4.24. The second-order valence-corrected chi connectivity index (χ2v) is 7.23. The van der Waals surface area contributed by atoms with Crippen molar-refractivity contribution in [1.82, 2.24) is 5.32 Å². The molecule has 0 spiro atoms. The number of thioether (sulfide) groups is 1. The van der Waals surface area contributed by atoms with E-state index < -0.39 is 5.54 Å². The summed E-state index contributed by atoms with van der Waals surface area (Å²) >= 11 is 1.55. The maximum Gasteiger partial charge on any atom is 0.231 e. The number of nitrogens with zero attached hydrogens (tertiary/aromatic N) is 1. The third-order valence-corrected chi connectivity index (χ3v) is 5.41. The van der Waals surface area contributed by atoms with Crippen LogP contribution in [0.25, 0.3) is 0 Å². The molecule has 1 N–H and O–H groups in total. The van der Waals surface area contributed by atoms with Gasteiger partial charge in [0.2, 0.25) is 5.91 Å². The van der Waals surface area contributed by atoms with E-state index in [2.05, 4.69) is 43.4 Å². The Morgan fingerprint density at radius 3 is 2.55 bits per heavy atom. The van der Waals surface area contributed by atoms with Gasteiger partial charge in [-0.2, -0.15) is 5.26 Å². The fourth-order valence-corrected chi connectivity index (χ4v) is 3.81. The van der Waals surface area contributed by atoms with Crippen LogP contribution in [0.5, 0.6) is 0 Å². The standard InChI is InChI=1S/C18H24N2OS/c1-14-7-8-16(15(2)11-14)22-12-17(21)20-18(13-19)9-5-3-4-6-10-18/h7-8,11H,3-6,9-10,12H2,1-2H3,(H,20,21). The highest BCUT2D eigenvalue weighted by Gasteiger charge is 2.32. The maximum atomic E-state index is 12.3. The van der Waals surface area contributed by atoms with Gasteiger partial charge in [0.05, 0.1) is 11.8 Å². The molecular weight excluding hydrogens is 292 g/mol.